The molecule has 8 heteroatoms. The number of aryl methyl sites for hydroxylation is 1. The van der Waals surface area contributed by atoms with Crippen LogP contribution in [0.1, 0.15) is 42.7 Å². The summed E-state index contributed by atoms with van der Waals surface area (Å²) in [5, 5.41) is 3.81. The van der Waals surface area contributed by atoms with Crippen LogP contribution in [-0.4, -0.2) is 20.4 Å². The second-order valence-electron chi connectivity index (χ2n) is 6.85. The summed E-state index contributed by atoms with van der Waals surface area (Å²) in [6.07, 6.45) is 1.38. The van der Waals surface area contributed by atoms with Gasteiger partial charge >= 0.3 is 5.69 Å². The SMILES string of the molecule is CCn1c(=O)[nH]c(=O)c2cc(C(=O)N[C@@H](c3ccc(Cl)cc3)C(C)C)cnc21. The van der Waals surface area contributed by atoms with E-state index in [9.17, 15) is 14.4 Å². The van der Waals surface area contributed by atoms with Gasteiger partial charge in [-0.2, -0.15) is 0 Å². The summed E-state index contributed by atoms with van der Waals surface area (Å²) in [7, 11) is 0. The lowest BCUT2D eigenvalue weighted by Crippen LogP contribution is -2.33. The molecule has 0 radical (unpaired) electrons. The second-order valence-corrected chi connectivity index (χ2v) is 7.28. The third-order valence-electron chi connectivity index (χ3n) is 4.59. The lowest BCUT2D eigenvalue weighted by molar-refractivity contribution is 0.0925. The van der Waals surface area contributed by atoms with Crippen molar-refractivity contribution in [1.29, 1.82) is 0 Å². The van der Waals surface area contributed by atoms with Crippen LogP contribution in [0, 0.1) is 5.92 Å². The summed E-state index contributed by atoms with van der Waals surface area (Å²) in [4.78, 5) is 43.3. The molecule has 0 saturated heterocycles. The average Bonchev–Trinajstić information content (AvgIpc) is 2.66. The Kier molecular flexibility index (Phi) is 5.65. The van der Waals surface area contributed by atoms with Gasteiger partial charge in [0.2, 0.25) is 0 Å². The number of fused-ring (bicyclic) bond motifs is 1. The quantitative estimate of drug-likeness (QED) is 0.688. The number of benzene rings is 1. The topological polar surface area (TPSA) is 96.9 Å². The normalized spacial score (nSPS) is 12.3. The molecule has 0 saturated carbocycles. The van der Waals surface area contributed by atoms with Gasteiger partial charge in [0.25, 0.3) is 11.5 Å². The number of aromatic amines is 1. The smallest absolute Gasteiger partial charge is 0.329 e. The predicted octanol–water partition coefficient (Wildman–Crippen LogP) is 2.89. The van der Waals surface area contributed by atoms with Crippen LogP contribution in [0.3, 0.4) is 0 Å². The molecule has 28 heavy (non-hydrogen) atoms. The van der Waals surface area contributed by atoms with Crippen LogP contribution in [0.2, 0.25) is 5.02 Å². The van der Waals surface area contributed by atoms with Crippen molar-refractivity contribution < 1.29 is 4.79 Å². The number of pyridine rings is 1. The highest BCUT2D eigenvalue weighted by molar-refractivity contribution is 6.30. The van der Waals surface area contributed by atoms with Crippen LogP contribution in [-0.2, 0) is 6.54 Å². The molecular weight excluding hydrogens is 380 g/mol. The van der Waals surface area contributed by atoms with Gasteiger partial charge in [-0.3, -0.25) is 19.1 Å². The van der Waals surface area contributed by atoms with E-state index in [1.54, 1.807) is 19.1 Å². The number of halogens is 1. The van der Waals surface area contributed by atoms with E-state index in [2.05, 4.69) is 15.3 Å². The second kappa shape index (κ2) is 7.98. The third kappa shape index (κ3) is 3.84. The molecule has 1 atom stereocenters. The van der Waals surface area contributed by atoms with Crippen molar-refractivity contribution in [2.24, 2.45) is 5.92 Å². The number of aromatic nitrogens is 3. The number of nitrogens with one attached hydrogen (secondary N) is 2. The largest absolute Gasteiger partial charge is 0.345 e. The lowest BCUT2D eigenvalue weighted by Gasteiger charge is -2.23. The van der Waals surface area contributed by atoms with Gasteiger partial charge in [-0.25, -0.2) is 9.78 Å². The molecule has 3 rings (SSSR count). The number of hydrogen-bond acceptors (Lipinski definition) is 4. The monoisotopic (exact) mass is 400 g/mol. The first-order valence-electron chi connectivity index (χ1n) is 9.01. The molecule has 0 bridgehead atoms. The van der Waals surface area contributed by atoms with E-state index in [-0.39, 0.29) is 34.5 Å². The molecule has 1 aromatic carbocycles. The summed E-state index contributed by atoms with van der Waals surface area (Å²) in [5.41, 5.74) is 0.348. The van der Waals surface area contributed by atoms with Gasteiger partial charge in [0.1, 0.15) is 5.65 Å². The Labute approximate surface area is 166 Å². The van der Waals surface area contributed by atoms with Gasteiger partial charge < -0.3 is 5.32 Å². The highest BCUT2D eigenvalue weighted by atomic mass is 35.5. The molecule has 0 spiro atoms. The molecule has 0 aliphatic rings. The van der Waals surface area contributed by atoms with Crippen molar-refractivity contribution in [3.63, 3.8) is 0 Å². The first-order valence-corrected chi connectivity index (χ1v) is 9.38. The van der Waals surface area contributed by atoms with E-state index in [1.165, 1.54) is 16.8 Å². The van der Waals surface area contributed by atoms with Gasteiger partial charge in [-0.1, -0.05) is 37.6 Å². The summed E-state index contributed by atoms with van der Waals surface area (Å²) >= 11 is 5.95. The minimum absolute atomic E-state index is 0.132. The summed E-state index contributed by atoms with van der Waals surface area (Å²) in [5.74, 6) is -0.219. The maximum Gasteiger partial charge on any atom is 0.329 e. The van der Waals surface area contributed by atoms with E-state index >= 15 is 0 Å². The van der Waals surface area contributed by atoms with Crippen molar-refractivity contribution in [1.82, 2.24) is 19.9 Å². The highest BCUT2D eigenvalue weighted by Gasteiger charge is 2.20. The Morgan fingerprint density at radius 2 is 1.93 bits per heavy atom. The summed E-state index contributed by atoms with van der Waals surface area (Å²) in [6, 6.07) is 8.52. The molecule has 1 amide bonds. The number of nitrogens with zero attached hydrogens (tertiary/aromatic N) is 2. The van der Waals surface area contributed by atoms with E-state index in [1.807, 2.05) is 26.0 Å². The molecule has 0 unspecified atom stereocenters. The fraction of sp³-hybridized carbons (Fsp3) is 0.300. The van der Waals surface area contributed by atoms with Crippen molar-refractivity contribution in [2.45, 2.75) is 33.4 Å². The van der Waals surface area contributed by atoms with Crippen molar-refractivity contribution in [3.05, 3.63) is 73.5 Å². The van der Waals surface area contributed by atoms with Crippen molar-refractivity contribution >= 4 is 28.5 Å². The number of rotatable bonds is 5. The number of carbonyl (C=O) groups excluding carboxylic acids is 1. The zero-order valence-electron chi connectivity index (χ0n) is 15.8. The van der Waals surface area contributed by atoms with Crippen LogP contribution in [0.4, 0.5) is 0 Å². The molecule has 2 heterocycles. The standard InChI is InChI=1S/C20H21ClN4O3/c1-4-25-17-15(19(27)24-20(25)28)9-13(10-22-17)18(26)23-16(11(2)3)12-5-7-14(21)8-6-12/h5-11,16H,4H2,1-3H3,(H,23,26)(H,24,27,28)/t16-/m1/s1. The Balaban J connectivity index is 1.97. The number of carbonyl (C=O) groups is 1. The van der Waals surface area contributed by atoms with Gasteiger partial charge in [0, 0.05) is 17.8 Å². The van der Waals surface area contributed by atoms with E-state index < -0.39 is 11.2 Å². The van der Waals surface area contributed by atoms with Crippen LogP contribution >= 0.6 is 11.6 Å². The number of amides is 1. The predicted molar refractivity (Wildman–Crippen MR) is 109 cm³/mol. The number of H-pyrrole nitrogens is 1. The van der Waals surface area contributed by atoms with Crippen LogP contribution in [0.25, 0.3) is 11.0 Å². The minimum atomic E-state index is -0.565. The molecule has 2 aromatic heterocycles. The van der Waals surface area contributed by atoms with Gasteiger partial charge in [-0.15, -0.1) is 0 Å². The number of hydrogen-bond donors (Lipinski definition) is 2. The zero-order chi connectivity index (χ0) is 20.4. The van der Waals surface area contributed by atoms with Crippen LogP contribution < -0.4 is 16.6 Å². The Morgan fingerprint density at radius 1 is 1.25 bits per heavy atom. The molecule has 146 valence electrons. The average molecular weight is 401 g/mol. The van der Waals surface area contributed by atoms with Crippen molar-refractivity contribution in [3.8, 4) is 0 Å². The third-order valence-corrected chi connectivity index (χ3v) is 4.85. The Morgan fingerprint density at radius 3 is 2.54 bits per heavy atom. The highest BCUT2D eigenvalue weighted by Crippen LogP contribution is 2.24. The van der Waals surface area contributed by atoms with Gasteiger partial charge in [-0.05, 0) is 36.6 Å². The first-order chi connectivity index (χ1) is 13.3. The maximum atomic E-state index is 12.8. The molecular formula is C20H21ClN4O3. The fourth-order valence-corrected chi connectivity index (χ4v) is 3.24. The maximum absolute atomic E-state index is 12.8. The van der Waals surface area contributed by atoms with Gasteiger partial charge in [0.05, 0.1) is 17.0 Å². The van der Waals surface area contributed by atoms with Gasteiger partial charge in [0.15, 0.2) is 0 Å². The zero-order valence-corrected chi connectivity index (χ0v) is 16.6. The molecule has 0 aliphatic heterocycles. The molecule has 2 N–H and O–H groups in total. The van der Waals surface area contributed by atoms with E-state index in [0.29, 0.717) is 11.6 Å². The minimum Gasteiger partial charge on any atom is -0.345 e. The molecule has 7 nitrogen and oxygen atoms in total. The first kappa shape index (κ1) is 19.8. The van der Waals surface area contributed by atoms with E-state index in [4.69, 9.17) is 11.6 Å². The molecule has 0 aliphatic carbocycles. The van der Waals surface area contributed by atoms with Crippen molar-refractivity contribution in [2.75, 3.05) is 0 Å². The van der Waals surface area contributed by atoms with E-state index in [0.717, 1.165) is 5.56 Å². The Hall–Kier alpha value is -2.93. The summed E-state index contributed by atoms with van der Waals surface area (Å²) < 4.78 is 1.35. The fourth-order valence-electron chi connectivity index (χ4n) is 3.11. The molecule has 3 aromatic rings. The van der Waals surface area contributed by atoms with Crippen LogP contribution in [0.5, 0.6) is 0 Å². The lowest BCUT2D eigenvalue weighted by atomic mass is 9.95. The van der Waals surface area contributed by atoms with Crippen LogP contribution in [0.15, 0.2) is 46.1 Å². The Bertz CT molecular complexity index is 1130. The summed E-state index contributed by atoms with van der Waals surface area (Å²) in [6.45, 7) is 6.14. The molecule has 0 fully saturated rings.